The van der Waals surface area contributed by atoms with Crippen LogP contribution >= 0.6 is 0 Å². The Morgan fingerprint density at radius 2 is 1.31 bits per heavy atom. The maximum Gasteiger partial charge on any atom is 0.296 e. The molecule has 0 nitrogen and oxygen atoms in total. The molecule has 0 fully saturated rings. The van der Waals surface area contributed by atoms with Crippen LogP contribution in [0.2, 0.25) is 18.1 Å². The summed E-state index contributed by atoms with van der Waals surface area (Å²) in [7, 11) is -3.28. The molecule has 0 saturated carbocycles. The summed E-state index contributed by atoms with van der Waals surface area (Å²) in [6.07, 6.45) is -3.55. The Kier molecular flexibility index (Phi) is 3.24. The van der Waals surface area contributed by atoms with E-state index < -0.39 is 25.1 Å². The van der Waals surface area contributed by atoms with E-state index in [0.29, 0.717) is 0 Å². The van der Waals surface area contributed by atoms with Crippen LogP contribution in [0.5, 0.6) is 0 Å². The van der Waals surface area contributed by atoms with Gasteiger partial charge in [0.2, 0.25) is 0 Å². The number of rotatable bonds is 2. The second-order valence-electron chi connectivity index (χ2n) is 4.80. The molecular weight excluding hydrogens is 200 g/mol. The van der Waals surface area contributed by atoms with Crippen LogP contribution in [0.4, 0.5) is 17.6 Å². The Morgan fingerprint density at radius 1 is 1.00 bits per heavy atom. The molecule has 0 N–H and O–H groups in total. The van der Waals surface area contributed by atoms with Crippen molar-refractivity contribution in [3.05, 3.63) is 0 Å². The summed E-state index contributed by atoms with van der Waals surface area (Å²) in [5, 5.41) is -0.729. The fraction of sp³-hybridized carbons (Fsp3) is 1.00. The van der Waals surface area contributed by atoms with Crippen molar-refractivity contribution < 1.29 is 17.6 Å². The van der Waals surface area contributed by atoms with Gasteiger partial charge in [0.05, 0.1) is 0 Å². The lowest BCUT2D eigenvalue weighted by molar-refractivity contribution is -0.0750. The average Bonchev–Trinajstić information content (AvgIpc) is 1.84. The van der Waals surface area contributed by atoms with Crippen LogP contribution in [0.25, 0.3) is 0 Å². The van der Waals surface area contributed by atoms with E-state index in [4.69, 9.17) is 0 Å². The first-order valence-electron chi connectivity index (χ1n) is 4.10. The summed E-state index contributed by atoms with van der Waals surface area (Å²) >= 11 is 0. The molecule has 0 aliphatic heterocycles. The molecule has 0 aromatic carbocycles. The third-order valence-corrected chi connectivity index (χ3v) is 8.62. The number of alkyl halides is 4. The monoisotopic (exact) mass is 216 g/mol. The van der Waals surface area contributed by atoms with Gasteiger partial charge in [0.25, 0.3) is 12.0 Å². The van der Waals surface area contributed by atoms with Crippen molar-refractivity contribution in [1.82, 2.24) is 0 Å². The van der Waals surface area contributed by atoms with Gasteiger partial charge in [-0.15, -0.1) is 0 Å². The highest BCUT2D eigenvalue weighted by Crippen LogP contribution is 2.47. The fourth-order valence-electron chi connectivity index (χ4n) is 0.773. The van der Waals surface area contributed by atoms with Gasteiger partial charge in [0.15, 0.2) is 0 Å². The van der Waals surface area contributed by atoms with Crippen molar-refractivity contribution in [1.29, 1.82) is 0 Å². The lowest BCUT2D eigenvalue weighted by Crippen LogP contribution is -2.58. The molecule has 0 aliphatic carbocycles. The third-order valence-electron chi connectivity index (χ3n) is 2.98. The van der Waals surface area contributed by atoms with Crippen LogP contribution in [0.15, 0.2) is 0 Å². The van der Waals surface area contributed by atoms with Gasteiger partial charge in [-0.25, -0.2) is 17.6 Å². The molecule has 0 atom stereocenters. The molecule has 0 radical (unpaired) electrons. The highest BCUT2D eigenvalue weighted by atomic mass is 28.3. The molecule has 0 aromatic rings. The standard InChI is InChI=1S/C8H16F4Si/c1-7(2,3)13(4,5)8(11,12)6(9)10/h6H,1-5H3. The Bertz CT molecular complexity index is 181. The van der Waals surface area contributed by atoms with E-state index in [0.717, 1.165) is 0 Å². The first kappa shape index (κ1) is 12.9. The van der Waals surface area contributed by atoms with Crippen LogP contribution in [0.3, 0.4) is 0 Å². The summed E-state index contributed by atoms with van der Waals surface area (Å²) < 4.78 is 50.5. The van der Waals surface area contributed by atoms with E-state index in [2.05, 4.69) is 0 Å². The van der Waals surface area contributed by atoms with Gasteiger partial charge >= 0.3 is 0 Å². The maximum atomic E-state index is 13.1. The van der Waals surface area contributed by atoms with Gasteiger partial charge in [0.1, 0.15) is 8.07 Å². The molecule has 0 spiro atoms. The van der Waals surface area contributed by atoms with Gasteiger partial charge in [-0.05, 0) is 5.04 Å². The number of hydrogen-bond acceptors (Lipinski definition) is 0. The number of hydrogen-bond donors (Lipinski definition) is 0. The first-order valence-corrected chi connectivity index (χ1v) is 7.10. The predicted octanol–water partition coefficient (Wildman–Crippen LogP) is 3.93. The van der Waals surface area contributed by atoms with Crippen molar-refractivity contribution in [2.24, 2.45) is 0 Å². The molecule has 0 unspecified atom stereocenters. The summed E-state index contributed by atoms with van der Waals surface area (Å²) in [4.78, 5) is 0. The van der Waals surface area contributed by atoms with E-state index in [-0.39, 0.29) is 0 Å². The third kappa shape index (κ3) is 2.06. The Morgan fingerprint density at radius 3 is 1.38 bits per heavy atom. The highest BCUT2D eigenvalue weighted by Gasteiger charge is 2.60. The zero-order chi connectivity index (χ0) is 11.1. The zero-order valence-corrected chi connectivity index (χ0v) is 9.59. The minimum absolute atomic E-state index is 0.729. The molecule has 0 heterocycles. The SMILES string of the molecule is CC(C)(C)[Si](C)(C)C(F)(F)C(F)F. The maximum absolute atomic E-state index is 13.1. The molecule has 0 amide bonds. The van der Waals surface area contributed by atoms with Gasteiger partial charge in [-0.1, -0.05) is 33.9 Å². The van der Waals surface area contributed by atoms with Crippen LogP contribution in [-0.4, -0.2) is 20.0 Å². The quantitative estimate of drug-likeness (QED) is 0.484. The lowest BCUT2D eigenvalue weighted by Gasteiger charge is -2.41. The molecule has 5 heteroatoms. The predicted molar refractivity (Wildman–Crippen MR) is 48.1 cm³/mol. The topological polar surface area (TPSA) is 0 Å². The van der Waals surface area contributed by atoms with Crippen LogP contribution in [0, 0.1) is 0 Å². The summed E-state index contributed by atoms with van der Waals surface area (Å²) in [5.41, 5.74) is -3.81. The summed E-state index contributed by atoms with van der Waals surface area (Å²) in [6, 6.07) is 0. The van der Waals surface area contributed by atoms with Crippen molar-refractivity contribution in [2.75, 3.05) is 0 Å². The van der Waals surface area contributed by atoms with Crippen molar-refractivity contribution >= 4 is 8.07 Å². The Hall–Kier alpha value is -0.0631. The number of halogens is 4. The first-order chi connectivity index (χ1) is 5.44. The van der Waals surface area contributed by atoms with Gasteiger partial charge < -0.3 is 0 Å². The Balaban J connectivity index is 5.04. The van der Waals surface area contributed by atoms with E-state index >= 15 is 0 Å². The van der Waals surface area contributed by atoms with E-state index in [1.54, 1.807) is 20.8 Å². The molecular formula is C8H16F4Si. The van der Waals surface area contributed by atoms with Gasteiger partial charge in [-0.3, -0.25) is 0 Å². The van der Waals surface area contributed by atoms with Crippen molar-refractivity contribution in [3.63, 3.8) is 0 Å². The van der Waals surface area contributed by atoms with Crippen LogP contribution in [-0.2, 0) is 0 Å². The average molecular weight is 216 g/mol. The summed E-state index contributed by atoms with van der Waals surface area (Å²) in [6.45, 7) is 7.39. The van der Waals surface area contributed by atoms with Crippen molar-refractivity contribution in [2.45, 2.75) is 50.9 Å². The molecule has 0 bridgehead atoms. The van der Waals surface area contributed by atoms with E-state index in [9.17, 15) is 17.6 Å². The smallest absolute Gasteiger partial charge is 0.206 e. The highest BCUT2D eigenvalue weighted by molar-refractivity contribution is 6.82. The second-order valence-corrected chi connectivity index (χ2v) is 10.2. The van der Waals surface area contributed by atoms with Crippen LogP contribution in [0.1, 0.15) is 20.8 Å². The normalized spacial score (nSPS) is 15.2. The molecule has 0 saturated heterocycles. The molecule has 0 rings (SSSR count). The largest absolute Gasteiger partial charge is 0.296 e. The summed E-state index contributed by atoms with van der Waals surface area (Å²) in [5.74, 6) is 0. The Labute approximate surface area is 77.3 Å². The van der Waals surface area contributed by atoms with Crippen molar-refractivity contribution in [3.8, 4) is 0 Å². The zero-order valence-electron chi connectivity index (χ0n) is 8.59. The molecule has 80 valence electrons. The fourth-order valence-corrected chi connectivity index (χ4v) is 2.32. The van der Waals surface area contributed by atoms with Gasteiger partial charge in [-0.2, -0.15) is 0 Å². The van der Waals surface area contributed by atoms with E-state index in [1.165, 1.54) is 13.1 Å². The molecule has 0 aliphatic rings. The van der Waals surface area contributed by atoms with Crippen LogP contribution < -0.4 is 0 Å². The second kappa shape index (κ2) is 3.26. The van der Waals surface area contributed by atoms with Gasteiger partial charge in [0, 0.05) is 0 Å². The molecule has 13 heavy (non-hydrogen) atoms. The minimum atomic E-state index is -3.81. The molecule has 0 aromatic heterocycles. The van der Waals surface area contributed by atoms with E-state index in [1.807, 2.05) is 0 Å². The lowest BCUT2D eigenvalue weighted by atomic mass is 10.2. The minimum Gasteiger partial charge on any atom is -0.206 e.